The Morgan fingerprint density at radius 3 is 2.65 bits per heavy atom. The minimum atomic E-state index is 0.0382. The number of amides is 1. The number of nitrogens with one attached hydrogen (secondary N) is 1. The van der Waals surface area contributed by atoms with Gasteiger partial charge in [-0.15, -0.1) is 0 Å². The molecule has 2 aliphatic rings. The van der Waals surface area contributed by atoms with E-state index in [1.54, 1.807) is 0 Å². The van der Waals surface area contributed by atoms with Crippen LogP contribution in [0.25, 0.3) is 0 Å². The van der Waals surface area contributed by atoms with E-state index in [2.05, 4.69) is 24.2 Å². The molecule has 1 aliphatic carbocycles. The van der Waals surface area contributed by atoms with Crippen molar-refractivity contribution in [2.45, 2.75) is 51.5 Å². The lowest BCUT2D eigenvalue weighted by Crippen LogP contribution is -2.47. The summed E-state index contributed by atoms with van der Waals surface area (Å²) in [5.74, 6) is 1.49. The van der Waals surface area contributed by atoms with Gasteiger partial charge in [-0.3, -0.25) is 4.79 Å². The highest BCUT2D eigenvalue weighted by atomic mass is 16.1. The van der Waals surface area contributed by atoms with Gasteiger partial charge < -0.3 is 16.0 Å². The van der Waals surface area contributed by atoms with Crippen molar-refractivity contribution in [1.82, 2.24) is 10.2 Å². The minimum Gasteiger partial charge on any atom is -0.356 e. The maximum absolute atomic E-state index is 12.2. The zero-order valence-electron chi connectivity index (χ0n) is 13.1. The first-order valence-electron chi connectivity index (χ1n) is 8.29. The van der Waals surface area contributed by atoms with Gasteiger partial charge in [-0.05, 0) is 64.1 Å². The molecule has 1 aliphatic heterocycles. The van der Waals surface area contributed by atoms with Crippen LogP contribution in [0.2, 0.25) is 0 Å². The quantitative estimate of drug-likeness (QED) is 0.823. The Hall–Kier alpha value is -0.610. The van der Waals surface area contributed by atoms with Crippen molar-refractivity contribution in [3.8, 4) is 0 Å². The van der Waals surface area contributed by atoms with Crippen molar-refractivity contribution in [3.63, 3.8) is 0 Å². The van der Waals surface area contributed by atoms with Crippen LogP contribution < -0.4 is 11.1 Å². The summed E-state index contributed by atoms with van der Waals surface area (Å²) in [7, 11) is 2.18. The van der Waals surface area contributed by atoms with Gasteiger partial charge in [-0.2, -0.15) is 0 Å². The Morgan fingerprint density at radius 2 is 1.95 bits per heavy atom. The monoisotopic (exact) mass is 281 g/mol. The van der Waals surface area contributed by atoms with E-state index in [1.165, 1.54) is 32.4 Å². The van der Waals surface area contributed by atoms with Gasteiger partial charge in [0, 0.05) is 12.6 Å². The number of hydrogen-bond acceptors (Lipinski definition) is 3. The molecule has 0 aromatic heterocycles. The third-order valence-corrected chi connectivity index (χ3v) is 5.32. The van der Waals surface area contributed by atoms with E-state index in [0.29, 0.717) is 5.92 Å². The standard InChI is InChI=1S/C16H31N3O/c1-12-4-3-5-14(15(12)17)16(20)18-9-6-13-7-10-19(2)11-8-13/h12-15H,3-11,17H2,1-2H3,(H,18,20). The van der Waals surface area contributed by atoms with Crippen LogP contribution in [0, 0.1) is 17.8 Å². The van der Waals surface area contributed by atoms with Crippen molar-refractivity contribution in [2.75, 3.05) is 26.7 Å². The molecule has 0 radical (unpaired) electrons. The summed E-state index contributed by atoms with van der Waals surface area (Å²) in [6, 6.07) is 0.0482. The number of hydrogen-bond donors (Lipinski definition) is 2. The van der Waals surface area contributed by atoms with Crippen LogP contribution in [-0.4, -0.2) is 43.5 Å². The number of carbonyl (C=O) groups excluding carboxylic acids is 1. The molecular weight excluding hydrogens is 250 g/mol. The van der Waals surface area contributed by atoms with E-state index < -0.39 is 0 Å². The average Bonchev–Trinajstić information content (AvgIpc) is 2.44. The van der Waals surface area contributed by atoms with Gasteiger partial charge in [0.15, 0.2) is 0 Å². The molecule has 1 heterocycles. The first-order valence-corrected chi connectivity index (χ1v) is 8.29. The normalized spacial score (nSPS) is 33.0. The summed E-state index contributed by atoms with van der Waals surface area (Å²) in [4.78, 5) is 14.6. The lowest BCUT2D eigenvalue weighted by atomic mass is 9.78. The van der Waals surface area contributed by atoms with Crippen LogP contribution in [0.15, 0.2) is 0 Å². The number of likely N-dealkylation sites (tertiary alicyclic amines) is 1. The van der Waals surface area contributed by atoms with E-state index in [-0.39, 0.29) is 17.9 Å². The van der Waals surface area contributed by atoms with E-state index in [1.807, 2.05) is 0 Å². The highest BCUT2D eigenvalue weighted by Gasteiger charge is 2.32. The van der Waals surface area contributed by atoms with Crippen LogP contribution in [0.3, 0.4) is 0 Å². The molecule has 2 fully saturated rings. The van der Waals surface area contributed by atoms with Crippen molar-refractivity contribution >= 4 is 5.91 Å². The SMILES string of the molecule is CC1CCCC(C(=O)NCCC2CCN(C)CC2)C1N. The topological polar surface area (TPSA) is 58.4 Å². The number of piperidine rings is 1. The second-order valence-corrected chi connectivity index (χ2v) is 6.92. The van der Waals surface area contributed by atoms with Gasteiger partial charge in [-0.25, -0.2) is 0 Å². The molecule has 0 spiro atoms. The molecule has 0 aromatic rings. The largest absolute Gasteiger partial charge is 0.356 e. The van der Waals surface area contributed by atoms with E-state index in [4.69, 9.17) is 5.73 Å². The maximum atomic E-state index is 12.2. The predicted molar refractivity (Wildman–Crippen MR) is 82.3 cm³/mol. The molecule has 0 aromatic carbocycles. The average molecular weight is 281 g/mol. The lowest BCUT2D eigenvalue weighted by Gasteiger charge is -2.33. The first kappa shape index (κ1) is 15.8. The van der Waals surface area contributed by atoms with Crippen molar-refractivity contribution in [2.24, 2.45) is 23.5 Å². The molecule has 3 atom stereocenters. The molecule has 3 N–H and O–H groups in total. The smallest absolute Gasteiger partial charge is 0.224 e. The summed E-state index contributed by atoms with van der Waals surface area (Å²) in [5.41, 5.74) is 6.19. The zero-order valence-corrected chi connectivity index (χ0v) is 13.1. The number of carbonyl (C=O) groups is 1. The van der Waals surface area contributed by atoms with Crippen molar-refractivity contribution < 1.29 is 4.79 Å². The highest BCUT2D eigenvalue weighted by molar-refractivity contribution is 5.79. The van der Waals surface area contributed by atoms with E-state index in [9.17, 15) is 4.79 Å². The molecule has 1 saturated heterocycles. The Morgan fingerprint density at radius 1 is 1.25 bits per heavy atom. The molecule has 1 saturated carbocycles. The Balaban J connectivity index is 1.67. The molecule has 20 heavy (non-hydrogen) atoms. The predicted octanol–water partition coefficient (Wildman–Crippen LogP) is 1.60. The summed E-state index contributed by atoms with van der Waals surface area (Å²) >= 11 is 0. The van der Waals surface area contributed by atoms with Gasteiger partial charge >= 0.3 is 0 Å². The summed E-state index contributed by atoms with van der Waals surface area (Å²) in [6.07, 6.45) is 6.93. The maximum Gasteiger partial charge on any atom is 0.224 e. The van der Waals surface area contributed by atoms with E-state index in [0.717, 1.165) is 31.7 Å². The Kier molecular flexibility index (Phi) is 5.85. The van der Waals surface area contributed by atoms with Gasteiger partial charge in [-0.1, -0.05) is 13.3 Å². The van der Waals surface area contributed by atoms with E-state index >= 15 is 0 Å². The molecule has 3 unspecified atom stereocenters. The van der Waals surface area contributed by atoms with Crippen LogP contribution in [-0.2, 0) is 4.79 Å². The van der Waals surface area contributed by atoms with Crippen LogP contribution >= 0.6 is 0 Å². The third kappa shape index (κ3) is 4.19. The van der Waals surface area contributed by atoms with Crippen molar-refractivity contribution in [1.29, 1.82) is 0 Å². The molecule has 4 heteroatoms. The van der Waals surface area contributed by atoms with Crippen molar-refractivity contribution in [3.05, 3.63) is 0 Å². The summed E-state index contributed by atoms with van der Waals surface area (Å²) in [5, 5.41) is 3.13. The second-order valence-electron chi connectivity index (χ2n) is 6.92. The third-order valence-electron chi connectivity index (χ3n) is 5.32. The number of nitrogens with two attached hydrogens (primary N) is 1. The van der Waals surface area contributed by atoms with Crippen LogP contribution in [0.4, 0.5) is 0 Å². The zero-order chi connectivity index (χ0) is 14.5. The molecule has 0 bridgehead atoms. The Labute approximate surface area is 123 Å². The van der Waals surface area contributed by atoms with Gasteiger partial charge in [0.2, 0.25) is 5.91 Å². The van der Waals surface area contributed by atoms with Crippen LogP contribution in [0.5, 0.6) is 0 Å². The second kappa shape index (κ2) is 7.41. The Bertz CT molecular complexity index is 313. The van der Waals surface area contributed by atoms with Gasteiger partial charge in [0.1, 0.15) is 0 Å². The lowest BCUT2D eigenvalue weighted by molar-refractivity contribution is -0.127. The van der Waals surface area contributed by atoms with Crippen LogP contribution in [0.1, 0.15) is 45.4 Å². The first-order chi connectivity index (χ1) is 9.58. The van der Waals surface area contributed by atoms with Gasteiger partial charge in [0.05, 0.1) is 5.92 Å². The molecule has 4 nitrogen and oxygen atoms in total. The fourth-order valence-corrected chi connectivity index (χ4v) is 3.63. The summed E-state index contributed by atoms with van der Waals surface area (Å²) < 4.78 is 0. The fourth-order valence-electron chi connectivity index (χ4n) is 3.63. The number of rotatable bonds is 4. The van der Waals surface area contributed by atoms with Gasteiger partial charge in [0.25, 0.3) is 0 Å². The molecule has 2 rings (SSSR count). The fraction of sp³-hybridized carbons (Fsp3) is 0.938. The molecule has 116 valence electrons. The highest BCUT2D eigenvalue weighted by Crippen LogP contribution is 2.28. The molecular formula is C16H31N3O. The minimum absolute atomic E-state index is 0.0382. The summed E-state index contributed by atoms with van der Waals surface area (Å²) in [6.45, 7) is 5.39. The number of nitrogens with zero attached hydrogens (tertiary/aromatic N) is 1. The molecule has 1 amide bonds.